The molecule has 0 aliphatic carbocycles. The summed E-state index contributed by atoms with van der Waals surface area (Å²) in [5.74, 6) is 0.719. The molecule has 0 bridgehead atoms. The number of anilines is 1. The van der Waals surface area contributed by atoms with Crippen LogP contribution in [0.2, 0.25) is 10.0 Å². The SMILES string of the molecule is C[C@@H](Oc1ccc2c(c1)C(/C=C/c1ccc(C=O)nc1)NN2PI)c1c(Cl)cncc1Cl. The van der Waals surface area contributed by atoms with Gasteiger partial charge in [0.2, 0.25) is 0 Å². The van der Waals surface area contributed by atoms with Gasteiger partial charge < -0.3 is 4.74 Å². The molecule has 4 rings (SSSR count). The molecule has 0 saturated carbocycles. The van der Waals surface area contributed by atoms with Crippen LogP contribution in [0.3, 0.4) is 0 Å². The summed E-state index contributed by atoms with van der Waals surface area (Å²) >= 11 is 14.9. The third kappa shape index (κ3) is 5.07. The van der Waals surface area contributed by atoms with Crippen LogP contribution in [0, 0.1) is 0 Å². The third-order valence-electron chi connectivity index (χ3n) is 4.95. The monoisotopic (exact) mass is 598 g/mol. The Labute approximate surface area is 210 Å². The molecule has 2 aromatic heterocycles. The number of hydrazine groups is 1. The number of fused-ring (bicyclic) bond motifs is 1. The number of pyridine rings is 2. The maximum Gasteiger partial charge on any atom is 0.168 e. The fourth-order valence-electron chi connectivity index (χ4n) is 3.42. The fraction of sp³-hybridized carbons (Fsp3) is 0.136. The first kappa shape index (κ1) is 23.4. The summed E-state index contributed by atoms with van der Waals surface area (Å²) in [6.07, 6.45) is 9.76. The van der Waals surface area contributed by atoms with Gasteiger partial charge in [0.15, 0.2) is 6.29 Å². The molecule has 1 aliphatic heterocycles. The van der Waals surface area contributed by atoms with E-state index < -0.39 is 0 Å². The first-order chi connectivity index (χ1) is 15.5. The Morgan fingerprint density at radius 3 is 2.66 bits per heavy atom. The lowest BCUT2D eigenvalue weighted by Crippen LogP contribution is -2.24. The van der Waals surface area contributed by atoms with Crippen LogP contribution in [0.4, 0.5) is 5.69 Å². The van der Waals surface area contributed by atoms with Crippen LogP contribution >= 0.6 is 51.6 Å². The molecule has 10 heteroatoms. The molecule has 164 valence electrons. The largest absolute Gasteiger partial charge is 0.486 e. The zero-order valence-corrected chi connectivity index (χ0v) is 21.5. The number of carbonyl (C=O) groups excluding carboxylic acids is 1. The van der Waals surface area contributed by atoms with Crippen molar-refractivity contribution in [3.8, 4) is 5.75 Å². The van der Waals surface area contributed by atoms with Gasteiger partial charge in [-0.05, 0) is 58.8 Å². The molecule has 1 aliphatic rings. The molecule has 0 amide bonds. The molecule has 2 unspecified atom stereocenters. The quantitative estimate of drug-likeness (QED) is 0.184. The minimum absolute atomic E-state index is 0.0371. The first-order valence-corrected chi connectivity index (χ1v) is 14.4. The number of aromatic nitrogens is 2. The second-order valence-electron chi connectivity index (χ2n) is 7.02. The van der Waals surface area contributed by atoms with Gasteiger partial charge in [-0.3, -0.25) is 19.5 Å². The maximum atomic E-state index is 10.8. The van der Waals surface area contributed by atoms with E-state index in [1.54, 1.807) is 24.7 Å². The molecule has 1 aromatic carbocycles. The number of benzene rings is 1. The van der Waals surface area contributed by atoms with E-state index in [0.717, 1.165) is 28.8 Å². The average Bonchev–Trinajstić information content (AvgIpc) is 3.15. The van der Waals surface area contributed by atoms with Gasteiger partial charge in [-0.1, -0.05) is 41.4 Å². The normalized spacial score (nSPS) is 16.6. The molecule has 0 fully saturated rings. The zero-order chi connectivity index (χ0) is 22.7. The summed E-state index contributed by atoms with van der Waals surface area (Å²) in [7, 11) is 0. The summed E-state index contributed by atoms with van der Waals surface area (Å²) in [4.78, 5) is 18.9. The summed E-state index contributed by atoms with van der Waals surface area (Å²) in [6, 6.07) is 9.54. The predicted molar refractivity (Wildman–Crippen MR) is 139 cm³/mol. The smallest absolute Gasteiger partial charge is 0.168 e. The van der Waals surface area contributed by atoms with Crippen molar-refractivity contribution in [2.75, 3.05) is 4.78 Å². The number of hydrogen-bond donors (Lipinski definition) is 1. The van der Waals surface area contributed by atoms with Crippen molar-refractivity contribution in [2.24, 2.45) is 0 Å². The Balaban J connectivity index is 1.58. The van der Waals surface area contributed by atoms with Crippen molar-refractivity contribution in [3.63, 3.8) is 0 Å². The molecule has 0 radical (unpaired) electrons. The Kier molecular flexibility index (Phi) is 7.63. The van der Waals surface area contributed by atoms with Gasteiger partial charge in [-0.15, -0.1) is 0 Å². The zero-order valence-electron chi connectivity index (χ0n) is 16.8. The number of hydrogen-bond acceptors (Lipinski definition) is 6. The first-order valence-electron chi connectivity index (χ1n) is 9.61. The highest BCUT2D eigenvalue weighted by molar-refractivity contribution is 14.2. The van der Waals surface area contributed by atoms with Gasteiger partial charge in [0.25, 0.3) is 0 Å². The van der Waals surface area contributed by atoms with E-state index in [0.29, 0.717) is 27.7 Å². The van der Waals surface area contributed by atoms with Gasteiger partial charge >= 0.3 is 0 Å². The third-order valence-corrected chi connectivity index (χ3v) is 7.54. The van der Waals surface area contributed by atoms with Crippen molar-refractivity contribution in [2.45, 2.75) is 19.1 Å². The van der Waals surface area contributed by atoms with E-state index in [2.05, 4.69) is 48.3 Å². The van der Waals surface area contributed by atoms with Crippen molar-refractivity contribution in [1.29, 1.82) is 0 Å². The molecule has 6 nitrogen and oxygen atoms in total. The summed E-state index contributed by atoms with van der Waals surface area (Å²) in [6.45, 7) is 1.91. The van der Waals surface area contributed by atoms with Gasteiger partial charge in [0, 0.05) is 29.7 Å². The number of halogens is 3. The molecule has 0 saturated heterocycles. The van der Waals surface area contributed by atoms with E-state index in [4.69, 9.17) is 27.9 Å². The lowest BCUT2D eigenvalue weighted by Gasteiger charge is -2.18. The summed E-state index contributed by atoms with van der Waals surface area (Å²) < 4.78 is 8.30. The Morgan fingerprint density at radius 1 is 1.22 bits per heavy atom. The van der Waals surface area contributed by atoms with E-state index in [-0.39, 0.29) is 12.1 Å². The number of nitrogens with zero attached hydrogens (tertiary/aromatic N) is 3. The van der Waals surface area contributed by atoms with Crippen LogP contribution in [0.25, 0.3) is 6.08 Å². The minimum Gasteiger partial charge on any atom is -0.486 e. The van der Waals surface area contributed by atoms with Crippen molar-refractivity contribution in [3.05, 3.63) is 87.4 Å². The molecule has 1 N–H and O–H groups in total. The second-order valence-corrected chi connectivity index (χ2v) is 9.90. The van der Waals surface area contributed by atoms with E-state index >= 15 is 0 Å². The highest BCUT2D eigenvalue weighted by atomic mass is 127. The molecular weight excluding hydrogens is 581 g/mol. The highest BCUT2D eigenvalue weighted by Crippen LogP contribution is 2.44. The minimum atomic E-state index is -0.343. The van der Waals surface area contributed by atoms with Crippen LogP contribution in [-0.4, -0.2) is 16.3 Å². The van der Waals surface area contributed by atoms with Crippen LogP contribution in [0.15, 0.2) is 55.0 Å². The molecule has 3 heterocycles. The Bertz CT molecular complexity index is 1140. The lowest BCUT2D eigenvalue weighted by atomic mass is 10.0. The average molecular weight is 599 g/mol. The van der Waals surface area contributed by atoms with Crippen molar-refractivity contribution >= 4 is 69.7 Å². The van der Waals surface area contributed by atoms with Crippen LogP contribution < -0.4 is 14.9 Å². The Hall–Kier alpha value is -1.77. The number of ether oxygens (including phenoxy) is 1. The number of aldehydes is 1. The van der Waals surface area contributed by atoms with Gasteiger partial charge in [-0.2, -0.15) is 0 Å². The van der Waals surface area contributed by atoms with Crippen LogP contribution in [0.5, 0.6) is 5.75 Å². The molecule has 32 heavy (non-hydrogen) atoms. The Morgan fingerprint density at radius 2 is 2.00 bits per heavy atom. The summed E-state index contributed by atoms with van der Waals surface area (Å²) in [5.41, 5.74) is 7.73. The molecule has 3 aromatic rings. The van der Waals surface area contributed by atoms with Gasteiger partial charge in [0.05, 0.1) is 28.1 Å². The standard InChI is InChI=1S/C22H18Cl2IN4O2P/c1-13(22-18(23)10-26-11-19(22)24)31-16-5-7-21-17(8-16)20(28-29(21)32-25)6-3-14-2-4-15(12-30)27-9-14/h2-13,20,28,32H,1H3/b6-3+/t13-,20?/m1/s1. The van der Waals surface area contributed by atoms with Crippen LogP contribution in [0.1, 0.15) is 46.2 Å². The topological polar surface area (TPSA) is 67.3 Å². The van der Waals surface area contributed by atoms with E-state index in [9.17, 15) is 4.79 Å². The highest BCUT2D eigenvalue weighted by Gasteiger charge is 2.27. The molecular formula is C22H18Cl2IN4O2P. The van der Waals surface area contributed by atoms with E-state index in [1.165, 1.54) is 0 Å². The second kappa shape index (κ2) is 10.4. The van der Waals surface area contributed by atoms with E-state index in [1.807, 2.05) is 37.3 Å². The van der Waals surface area contributed by atoms with Crippen LogP contribution in [-0.2, 0) is 0 Å². The number of rotatable bonds is 7. The molecule has 3 atom stereocenters. The fourth-order valence-corrected chi connectivity index (χ4v) is 5.77. The van der Waals surface area contributed by atoms with Gasteiger partial charge in [0.1, 0.15) is 17.5 Å². The van der Waals surface area contributed by atoms with Crippen molar-refractivity contribution < 1.29 is 9.53 Å². The number of nitrogens with one attached hydrogen (secondary N) is 1. The lowest BCUT2D eigenvalue weighted by molar-refractivity contribution is 0.111. The van der Waals surface area contributed by atoms with Gasteiger partial charge in [-0.25, -0.2) is 5.43 Å². The molecule has 0 spiro atoms. The number of carbonyl (C=O) groups is 1. The maximum absolute atomic E-state index is 10.8. The van der Waals surface area contributed by atoms with Crippen molar-refractivity contribution in [1.82, 2.24) is 15.4 Å². The summed E-state index contributed by atoms with van der Waals surface area (Å²) in [5, 5.41) is 0.945. The predicted octanol–water partition coefficient (Wildman–Crippen LogP) is 6.76.